The molecule has 0 unspecified atom stereocenters. The lowest BCUT2D eigenvalue weighted by molar-refractivity contribution is 0.0914. The van der Waals surface area contributed by atoms with Crippen LogP contribution in [0.1, 0.15) is 19.5 Å². The number of rotatable bonds is 5. The number of halogens is 1. The Labute approximate surface area is 123 Å². The van der Waals surface area contributed by atoms with E-state index in [0.717, 1.165) is 29.1 Å². The zero-order chi connectivity index (χ0) is 14.3. The van der Waals surface area contributed by atoms with Gasteiger partial charge in [-0.25, -0.2) is 9.97 Å². The summed E-state index contributed by atoms with van der Waals surface area (Å²) in [7, 11) is 0. The average Bonchev–Trinajstić information content (AvgIpc) is 2.75. The molecule has 0 aliphatic carbocycles. The van der Waals surface area contributed by atoms with Crippen LogP contribution in [0.3, 0.4) is 0 Å². The van der Waals surface area contributed by atoms with Crippen LogP contribution in [0.2, 0.25) is 5.15 Å². The number of nitrogens with zero attached hydrogens (tertiary/aromatic N) is 3. The minimum Gasteiger partial charge on any atom is -0.360 e. The highest BCUT2D eigenvalue weighted by atomic mass is 35.5. The van der Waals surface area contributed by atoms with Gasteiger partial charge in [-0.3, -0.25) is 0 Å². The molecule has 0 N–H and O–H groups in total. The lowest BCUT2D eigenvalue weighted by Crippen LogP contribution is -2.07. The summed E-state index contributed by atoms with van der Waals surface area (Å²) < 4.78 is 7.59. The molecule has 19 heavy (non-hydrogen) atoms. The van der Waals surface area contributed by atoms with Gasteiger partial charge in [0.2, 0.25) is 0 Å². The first-order valence-corrected chi connectivity index (χ1v) is 8.04. The van der Waals surface area contributed by atoms with Crippen LogP contribution in [0, 0.1) is 6.92 Å². The van der Waals surface area contributed by atoms with E-state index in [1.54, 1.807) is 11.8 Å². The van der Waals surface area contributed by atoms with Crippen molar-refractivity contribution >= 4 is 34.4 Å². The van der Waals surface area contributed by atoms with Crippen LogP contribution in [-0.4, -0.2) is 33.2 Å². The van der Waals surface area contributed by atoms with Crippen molar-refractivity contribution in [1.29, 1.82) is 0 Å². The number of aromatic nitrogens is 3. The largest absolute Gasteiger partial charge is 0.360 e. The van der Waals surface area contributed by atoms with Crippen molar-refractivity contribution in [3.8, 4) is 0 Å². The molecular weight excluding hydrogens is 282 g/mol. The van der Waals surface area contributed by atoms with Gasteiger partial charge in [0.05, 0.1) is 12.0 Å². The lowest BCUT2D eigenvalue weighted by Gasteiger charge is -2.08. The number of thioether (sulfide) groups is 1. The van der Waals surface area contributed by atoms with E-state index in [2.05, 4.69) is 16.2 Å². The maximum absolute atomic E-state index is 6.02. The summed E-state index contributed by atoms with van der Waals surface area (Å²) in [5.41, 5.74) is 1.90. The average molecular weight is 302 g/mol. The van der Waals surface area contributed by atoms with E-state index in [9.17, 15) is 0 Å². The molecule has 4 nitrogen and oxygen atoms in total. The molecule has 0 bridgehead atoms. The smallest absolute Gasteiger partial charge is 0.146 e. The summed E-state index contributed by atoms with van der Waals surface area (Å²) in [4.78, 5) is 8.21. The Kier molecular flexibility index (Phi) is 7.20. The highest BCUT2D eigenvalue weighted by molar-refractivity contribution is 7.98. The predicted octanol–water partition coefficient (Wildman–Crippen LogP) is 3.76. The van der Waals surface area contributed by atoms with E-state index in [-0.39, 0.29) is 0 Å². The predicted molar refractivity (Wildman–Crippen MR) is 83.0 cm³/mol. The maximum atomic E-state index is 6.02. The SMILES string of the molecule is CC.CSCCOCn1c(C)cc2c(Cl)ncnc21. The molecule has 0 spiro atoms. The highest BCUT2D eigenvalue weighted by Crippen LogP contribution is 2.22. The first-order valence-electron chi connectivity index (χ1n) is 6.27. The zero-order valence-electron chi connectivity index (χ0n) is 11.8. The fourth-order valence-corrected chi connectivity index (χ4v) is 2.09. The van der Waals surface area contributed by atoms with Gasteiger partial charge >= 0.3 is 0 Å². The number of aryl methyl sites for hydroxylation is 1. The molecule has 0 atom stereocenters. The number of hydrogen-bond acceptors (Lipinski definition) is 4. The summed E-state index contributed by atoms with van der Waals surface area (Å²) in [5.74, 6) is 0.994. The van der Waals surface area contributed by atoms with Gasteiger partial charge in [-0.1, -0.05) is 25.4 Å². The second-order valence-corrected chi connectivity index (χ2v) is 4.99. The van der Waals surface area contributed by atoms with Gasteiger partial charge < -0.3 is 9.30 Å². The summed E-state index contributed by atoms with van der Waals surface area (Å²) >= 11 is 7.79. The summed E-state index contributed by atoms with van der Waals surface area (Å²) in [5, 5.41) is 1.36. The van der Waals surface area contributed by atoms with Gasteiger partial charge in [-0.15, -0.1) is 0 Å². The van der Waals surface area contributed by atoms with Crippen LogP contribution in [-0.2, 0) is 11.5 Å². The molecular formula is C13H20ClN3OS. The van der Waals surface area contributed by atoms with Crippen molar-refractivity contribution in [3.05, 3.63) is 23.2 Å². The first-order chi connectivity index (χ1) is 9.24. The molecule has 0 saturated carbocycles. The van der Waals surface area contributed by atoms with Crippen molar-refractivity contribution in [1.82, 2.24) is 14.5 Å². The molecule has 0 aliphatic heterocycles. The number of hydrogen-bond donors (Lipinski definition) is 0. The second-order valence-electron chi connectivity index (χ2n) is 3.65. The Morgan fingerprint density at radius 1 is 1.37 bits per heavy atom. The highest BCUT2D eigenvalue weighted by Gasteiger charge is 2.09. The summed E-state index contributed by atoms with van der Waals surface area (Å²) in [6.45, 7) is 7.25. The Hall–Kier alpha value is -0.780. The van der Waals surface area contributed by atoms with Gasteiger partial charge in [0.1, 0.15) is 23.9 Å². The van der Waals surface area contributed by atoms with E-state index in [1.165, 1.54) is 6.33 Å². The van der Waals surface area contributed by atoms with Crippen LogP contribution in [0.4, 0.5) is 0 Å². The van der Waals surface area contributed by atoms with Crippen LogP contribution in [0.25, 0.3) is 11.0 Å². The van der Waals surface area contributed by atoms with Crippen molar-refractivity contribution in [2.75, 3.05) is 18.6 Å². The molecule has 0 saturated heterocycles. The van der Waals surface area contributed by atoms with Crippen LogP contribution in [0.5, 0.6) is 0 Å². The standard InChI is InChI=1S/C11H14ClN3OS.C2H6/c1-8-5-9-10(12)13-6-14-11(9)15(8)7-16-3-4-17-2;1-2/h5-6H,3-4,7H2,1-2H3;1-2H3. The fourth-order valence-electron chi connectivity index (χ4n) is 1.62. The molecule has 2 heterocycles. The van der Waals surface area contributed by atoms with Gasteiger partial charge in [0, 0.05) is 11.4 Å². The lowest BCUT2D eigenvalue weighted by atomic mass is 10.4. The quantitative estimate of drug-likeness (QED) is 0.623. The van der Waals surface area contributed by atoms with Gasteiger partial charge in [0.25, 0.3) is 0 Å². The van der Waals surface area contributed by atoms with Crippen LogP contribution >= 0.6 is 23.4 Å². The molecule has 2 rings (SSSR count). The van der Waals surface area contributed by atoms with Crippen molar-refractivity contribution in [3.63, 3.8) is 0 Å². The molecule has 0 aliphatic rings. The Bertz CT molecular complexity index is 516. The Morgan fingerprint density at radius 3 is 2.79 bits per heavy atom. The monoisotopic (exact) mass is 301 g/mol. The van der Waals surface area contributed by atoms with E-state index < -0.39 is 0 Å². The maximum Gasteiger partial charge on any atom is 0.146 e. The Balaban J connectivity index is 0.000000861. The Morgan fingerprint density at radius 2 is 2.11 bits per heavy atom. The third-order valence-electron chi connectivity index (χ3n) is 2.50. The van der Waals surface area contributed by atoms with E-state index in [0.29, 0.717) is 11.9 Å². The molecule has 0 fully saturated rings. The van der Waals surface area contributed by atoms with E-state index in [1.807, 2.05) is 31.4 Å². The van der Waals surface area contributed by atoms with Crippen molar-refractivity contribution in [2.24, 2.45) is 0 Å². The van der Waals surface area contributed by atoms with Crippen LogP contribution < -0.4 is 0 Å². The molecule has 6 heteroatoms. The molecule has 2 aromatic heterocycles. The number of fused-ring (bicyclic) bond motifs is 1. The zero-order valence-corrected chi connectivity index (χ0v) is 13.4. The summed E-state index contributed by atoms with van der Waals surface area (Å²) in [6.07, 6.45) is 3.54. The van der Waals surface area contributed by atoms with Crippen molar-refractivity contribution in [2.45, 2.75) is 27.5 Å². The molecule has 0 amide bonds. The minimum atomic E-state index is 0.487. The second kappa shape index (κ2) is 8.40. The fraction of sp³-hybridized carbons (Fsp3) is 0.538. The third-order valence-corrected chi connectivity index (χ3v) is 3.38. The molecule has 2 aromatic rings. The van der Waals surface area contributed by atoms with Gasteiger partial charge in [-0.2, -0.15) is 11.8 Å². The molecule has 106 valence electrons. The van der Waals surface area contributed by atoms with Crippen molar-refractivity contribution < 1.29 is 4.74 Å². The minimum absolute atomic E-state index is 0.487. The normalized spacial score (nSPS) is 10.4. The van der Waals surface area contributed by atoms with Crippen LogP contribution in [0.15, 0.2) is 12.4 Å². The molecule has 0 aromatic carbocycles. The third kappa shape index (κ3) is 4.09. The van der Waals surface area contributed by atoms with E-state index in [4.69, 9.17) is 16.3 Å². The number of ether oxygens (including phenoxy) is 1. The summed E-state index contributed by atoms with van der Waals surface area (Å²) in [6, 6.07) is 1.98. The van der Waals surface area contributed by atoms with Gasteiger partial charge in [-0.05, 0) is 19.2 Å². The van der Waals surface area contributed by atoms with E-state index >= 15 is 0 Å². The topological polar surface area (TPSA) is 39.9 Å². The molecule has 0 radical (unpaired) electrons. The van der Waals surface area contributed by atoms with Gasteiger partial charge in [0.15, 0.2) is 0 Å². The first kappa shape index (κ1) is 16.3.